The maximum Gasteiger partial charge on any atom is 0.407 e. The van der Waals surface area contributed by atoms with Crippen molar-refractivity contribution in [2.45, 2.75) is 77.7 Å². The van der Waals surface area contributed by atoms with Gasteiger partial charge in [0, 0.05) is 35.5 Å². The molecule has 0 saturated heterocycles. The summed E-state index contributed by atoms with van der Waals surface area (Å²) in [4.78, 5) is 54.1. The highest BCUT2D eigenvalue weighted by atomic mass is 16.5. The highest BCUT2D eigenvalue weighted by molar-refractivity contribution is 6.00. The number of amides is 3. The van der Waals surface area contributed by atoms with Gasteiger partial charge in [-0.05, 0) is 74.8 Å². The lowest BCUT2D eigenvalue weighted by atomic mass is 9.81. The number of benzene rings is 2. The molecule has 2 aromatic carbocycles. The SMILES string of the molecule is CCCCCCOC(=O)NCC1CCC(C(=O)N[C@@H](Cc2ccccc2)C(=O)Nc2ccc3[nH]c(C(=O)OCC)cc3c2)CC1. The van der Waals surface area contributed by atoms with Crippen molar-refractivity contribution >= 4 is 40.5 Å². The molecular formula is C35H46N4O6. The van der Waals surface area contributed by atoms with Gasteiger partial charge in [-0.1, -0.05) is 56.5 Å². The van der Waals surface area contributed by atoms with Crippen molar-refractivity contribution in [1.82, 2.24) is 15.6 Å². The van der Waals surface area contributed by atoms with Crippen molar-refractivity contribution in [2.24, 2.45) is 11.8 Å². The number of rotatable bonds is 15. The zero-order valence-corrected chi connectivity index (χ0v) is 26.4. The van der Waals surface area contributed by atoms with Crippen LogP contribution >= 0.6 is 0 Å². The summed E-state index contributed by atoms with van der Waals surface area (Å²) >= 11 is 0. The van der Waals surface area contributed by atoms with Crippen LogP contribution in [0.4, 0.5) is 10.5 Å². The Hall–Kier alpha value is -4.34. The summed E-state index contributed by atoms with van der Waals surface area (Å²) in [6.45, 7) is 5.14. The number of aromatic nitrogens is 1. The van der Waals surface area contributed by atoms with E-state index in [1.165, 1.54) is 0 Å². The third-order valence-electron chi connectivity index (χ3n) is 8.28. The molecule has 10 nitrogen and oxygen atoms in total. The molecule has 0 radical (unpaired) electrons. The minimum absolute atomic E-state index is 0.135. The molecule has 0 aliphatic heterocycles. The van der Waals surface area contributed by atoms with E-state index in [1.807, 2.05) is 30.3 Å². The number of H-pyrrole nitrogens is 1. The summed E-state index contributed by atoms with van der Waals surface area (Å²) in [6.07, 6.45) is 7.20. The number of nitrogens with one attached hydrogen (secondary N) is 4. The second-order valence-electron chi connectivity index (χ2n) is 11.7. The topological polar surface area (TPSA) is 139 Å². The summed E-state index contributed by atoms with van der Waals surface area (Å²) in [5.74, 6) is -0.804. The number of aromatic amines is 1. The normalized spacial score (nSPS) is 16.8. The first kappa shape index (κ1) is 33.6. The number of fused-ring (bicyclic) bond motifs is 1. The molecule has 3 aromatic rings. The maximum absolute atomic E-state index is 13.5. The van der Waals surface area contributed by atoms with Gasteiger partial charge in [0.2, 0.25) is 11.8 Å². The molecule has 10 heteroatoms. The molecule has 1 saturated carbocycles. The van der Waals surface area contributed by atoms with Gasteiger partial charge in [-0.3, -0.25) is 9.59 Å². The number of carbonyl (C=O) groups is 4. The van der Waals surface area contributed by atoms with Crippen molar-refractivity contribution in [3.8, 4) is 0 Å². The smallest absolute Gasteiger partial charge is 0.407 e. The molecule has 1 atom stereocenters. The molecule has 4 N–H and O–H groups in total. The monoisotopic (exact) mass is 618 g/mol. The van der Waals surface area contributed by atoms with E-state index in [2.05, 4.69) is 27.9 Å². The third-order valence-corrected chi connectivity index (χ3v) is 8.28. The maximum atomic E-state index is 13.5. The fourth-order valence-corrected chi connectivity index (χ4v) is 5.71. The molecule has 0 bridgehead atoms. The average molecular weight is 619 g/mol. The molecule has 3 amide bonds. The first-order valence-electron chi connectivity index (χ1n) is 16.2. The highest BCUT2D eigenvalue weighted by Crippen LogP contribution is 2.29. The van der Waals surface area contributed by atoms with Crippen LogP contribution in [0.5, 0.6) is 0 Å². The highest BCUT2D eigenvalue weighted by Gasteiger charge is 2.30. The Bertz CT molecular complexity index is 1410. The molecule has 45 heavy (non-hydrogen) atoms. The van der Waals surface area contributed by atoms with Gasteiger partial charge in [-0.25, -0.2) is 9.59 Å². The van der Waals surface area contributed by atoms with Crippen LogP contribution in [0.1, 0.15) is 81.3 Å². The summed E-state index contributed by atoms with van der Waals surface area (Å²) in [5.41, 5.74) is 2.58. The number of alkyl carbamates (subject to hydrolysis) is 1. The number of hydrogen-bond acceptors (Lipinski definition) is 6. The third kappa shape index (κ3) is 10.4. The van der Waals surface area contributed by atoms with Crippen LogP contribution in [0.15, 0.2) is 54.6 Å². The van der Waals surface area contributed by atoms with Gasteiger partial charge in [0.1, 0.15) is 11.7 Å². The number of ether oxygens (including phenoxy) is 2. The van der Waals surface area contributed by atoms with Gasteiger partial charge in [0.15, 0.2) is 0 Å². The average Bonchev–Trinajstić information content (AvgIpc) is 3.48. The molecule has 1 heterocycles. The molecule has 1 aliphatic rings. The van der Waals surface area contributed by atoms with Gasteiger partial charge >= 0.3 is 12.1 Å². The molecule has 1 aromatic heterocycles. The fourth-order valence-electron chi connectivity index (χ4n) is 5.71. The number of esters is 1. The number of unbranched alkanes of at least 4 members (excludes halogenated alkanes) is 3. The van der Waals surface area contributed by atoms with Crippen molar-refractivity contribution in [2.75, 3.05) is 25.1 Å². The summed E-state index contributed by atoms with van der Waals surface area (Å²) in [5, 5.41) is 9.59. The zero-order chi connectivity index (χ0) is 32.0. The van der Waals surface area contributed by atoms with Gasteiger partial charge in [-0.15, -0.1) is 0 Å². The number of anilines is 1. The Kier molecular flexibility index (Phi) is 12.8. The Labute approximate surface area is 265 Å². The second kappa shape index (κ2) is 17.2. The molecule has 4 rings (SSSR count). The fraction of sp³-hybridized carbons (Fsp3) is 0.486. The number of hydrogen-bond donors (Lipinski definition) is 4. The Morgan fingerprint density at radius 3 is 2.42 bits per heavy atom. The quantitative estimate of drug-likeness (QED) is 0.120. The minimum Gasteiger partial charge on any atom is -0.461 e. The lowest BCUT2D eigenvalue weighted by Gasteiger charge is -2.29. The van der Waals surface area contributed by atoms with Crippen LogP contribution in [0.3, 0.4) is 0 Å². The Morgan fingerprint density at radius 1 is 0.911 bits per heavy atom. The predicted octanol–water partition coefficient (Wildman–Crippen LogP) is 6.12. The largest absolute Gasteiger partial charge is 0.461 e. The predicted molar refractivity (Wildman–Crippen MR) is 174 cm³/mol. The van der Waals surface area contributed by atoms with Gasteiger partial charge in [0.25, 0.3) is 0 Å². The van der Waals surface area contributed by atoms with Crippen LogP contribution in [-0.2, 0) is 25.5 Å². The van der Waals surface area contributed by atoms with E-state index >= 15 is 0 Å². The van der Waals surface area contributed by atoms with Crippen LogP contribution in [0, 0.1) is 11.8 Å². The van der Waals surface area contributed by atoms with E-state index in [-0.39, 0.29) is 36.4 Å². The van der Waals surface area contributed by atoms with Crippen LogP contribution < -0.4 is 16.0 Å². The van der Waals surface area contributed by atoms with E-state index < -0.39 is 12.0 Å². The van der Waals surface area contributed by atoms with Crippen molar-refractivity contribution < 1.29 is 28.7 Å². The molecule has 1 aliphatic carbocycles. The Balaban J connectivity index is 1.31. The first-order chi connectivity index (χ1) is 21.9. The zero-order valence-electron chi connectivity index (χ0n) is 26.4. The van der Waals surface area contributed by atoms with Crippen molar-refractivity contribution in [3.63, 3.8) is 0 Å². The summed E-state index contributed by atoms with van der Waals surface area (Å²) in [7, 11) is 0. The van der Waals surface area contributed by atoms with E-state index in [1.54, 1.807) is 31.2 Å². The minimum atomic E-state index is -0.775. The van der Waals surface area contributed by atoms with Crippen molar-refractivity contribution in [3.05, 3.63) is 65.9 Å². The van der Waals surface area contributed by atoms with Gasteiger partial charge in [-0.2, -0.15) is 0 Å². The van der Waals surface area contributed by atoms with E-state index in [0.29, 0.717) is 43.8 Å². The van der Waals surface area contributed by atoms with E-state index in [9.17, 15) is 19.2 Å². The molecule has 0 unspecified atom stereocenters. The first-order valence-corrected chi connectivity index (χ1v) is 16.2. The van der Waals surface area contributed by atoms with Gasteiger partial charge in [0.05, 0.1) is 13.2 Å². The van der Waals surface area contributed by atoms with Crippen LogP contribution in [-0.4, -0.2) is 54.7 Å². The van der Waals surface area contributed by atoms with E-state index in [0.717, 1.165) is 55.0 Å². The number of carbonyl (C=O) groups excluding carboxylic acids is 4. The van der Waals surface area contributed by atoms with Gasteiger partial charge < -0.3 is 30.4 Å². The molecule has 242 valence electrons. The molecule has 0 spiro atoms. The van der Waals surface area contributed by atoms with Crippen LogP contribution in [0.2, 0.25) is 0 Å². The molecular weight excluding hydrogens is 572 g/mol. The summed E-state index contributed by atoms with van der Waals surface area (Å²) in [6, 6.07) is 15.8. The summed E-state index contributed by atoms with van der Waals surface area (Å²) < 4.78 is 10.3. The van der Waals surface area contributed by atoms with Crippen molar-refractivity contribution in [1.29, 1.82) is 0 Å². The standard InChI is InChI=1S/C35H46N4O6/c1-3-5-6-10-19-45-35(43)36-23-25-13-15-26(16-14-25)32(40)39-30(20-24-11-8-7-9-12-24)33(41)37-28-17-18-29-27(21-28)22-31(38-29)34(42)44-4-2/h7-9,11-12,17-18,21-22,25-26,30,38H,3-6,10,13-16,19-20,23H2,1-2H3,(H,36,43)(H,37,41)(H,39,40)/t25?,26?,30-/m0/s1. The van der Waals surface area contributed by atoms with E-state index in [4.69, 9.17) is 9.47 Å². The lowest BCUT2D eigenvalue weighted by molar-refractivity contribution is -0.130. The lowest BCUT2D eigenvalue weighted by Crippen LogP contribution is -2.48. The van der Waals surface area contributed by atoms with Crippen LogP contribution in [0.25, 0.3) is 10.9 Å². The second-order valence-corrected chi connectivity index (χ2v) is 11.7. The molecule has 1 fully saturated rings. The Morgan fingerprint density at radius 2 is 1.69 bits per heavy atom.